The zero-order valence-electron chi connectivity index (χ0n) is 16.4. The van der Waals surface area contributed by atoms with E-state index in [0.29, 0.717) is 13.1 Å². The molecule has 6 nitrogen and oxygen atoms in total. The van der Waals surface area contributed by atoms with Crippen LogP contribution in [0, 0.1) is 0 Å². The van der Waals surface area contributed by atoms with Crippen LogP contribution in [0.15, 0.2) is 24.3 Å². The lowest BCUT2D eigenvalue weighted by Crippen LogP contribution is -2.53. The Morgan fingerprint density at radius 1 is 1.19 bits per heavy atom. The number of carboxylic acids is 1. The average Bonchev–Trinajstić information content (AvgIpc) is 2.70. The van der Waals surface area contributed by atoms with E-state index in [-0.39, 0.29) is 24.5 Å². The second kappa shape index (κ2) is 8.85. The number of amides is 1. The Balaban J connectivity index is 1.54. The molecule has 0 spiro atoms. The number of carbonyl (C=O) groups excluding carboxylic acids is 1. The molecule has 0 unspecified atom stereocenters. The van der Waals surface area contributed by atoms with Gasteiger partial charge in [-0.15, -0.1) is 0 Å². The summed E-state index contributed by atoms with van der Waals surface area (Å²) >= 11 is 0. The summed E-state index contributed by atoms with van der Waals surface area (Å²) in [6.07, 6.45) is 2.70. The van der Waals surface area contributed by atoms with E-state index >= 15 is 0 Å². The first-order chi connectivity index (χ1) is 13.0. The smallest absolute Gasteiger partial charge is 0.317 e. The number of carboxylic acid groups (broad SMARTS) is 1. The van der Waals surface area contributed by atoms with Gasteiger partial charge >= 0.3 is 5.97 Å². The van der Waals surface area contributed by atoms with Crippen LogP contribution in [-0.4, -0.2) is 76.5 Å². The molecule has 6 heteroatoms. The van der Waals surface area contributed by atoms with Crippen LogP contribution >= 0.6 is 0 Å². The van der Waals surface area contributed by atoms with Gasteiger partial charge in [-0.25, -0.2) is 0 Å². The Labute approximate surface area is 161 Å². The maximum absolute atomic E-state index is 13.0. The van der Waals surface area contributed by atoms with Crippen molar-refractivity contribution >= 4 is 11.9 Å². The molecule has 0 saturated carbocycles. The SMILES string of the molecule is CCN(CC(=O)O)C1CCN(C(=O)[C@@H](C)N2CCc3ccccc3C2)CC1. The molecule has 1 N–H and O–H groups in total. The van der Waals surface area contributed by atoms with Crippen molar-refractivity contribution in [3.8, 4) is 0 Å². The number of rotatable bonds is 6. The maximum atomic E-state index is 13.0. The number of nitrogens with zero attached hydrogens (tertiary/aromatic N) is 3. The zero-order chi connectivity index (χ0) is 19.4. The van der Waals surface area contributed by atoms with Crippen LogP contribution < -0.4 is 0 Å². The zero-order valence-corrected chi connectivity index (χ0v) is 16.4. The van der Waals surface area contributed by atoms with Crippen LogP contribution in [0.25, 0.3) is 0 Å². The number of likely N-dealkylation sites (tertiary alicyclic amines) is 1. The van der Waals surface area contributed by atoms with Gasteiger partial charge in [-0.05, 0) is 43.9 Å². The van der Waals surface area contributed by atoms with Gasteiger partial charge in [0.15, 0.2) is 0 Å². The Morgan fingerprint density at radius 2 is 1.85 bits per heavy atom. The Bertz CT molecular complexity index is 670. The molecule has 0 bridgehead atoms. The van der Waals surface area contributed by atoms with Crippen LogP contribution in [0.2, 0.25) is 0 Å². The molecule has 2 aliphatic rings. The number of benzene rings is 1. The molecule has 1 aromatic carbocycles. The Hall–Kier alpha value is -1.92. The topological polar surface area (TPSA) is 64.1 Å². The number of hydrogen-bond acceptors (Lipinski definition) is 4. The normalized spacial score (nSPS) is 19.7. The molecule has 2 heterocycles. The molecule has 3 rings (SSSR count). The first kappa shape index (κ1) is 19.8. The van der Waals surface area contributed by atoms with Crippen molar-refractivity contribution in [1.29, 1.82) is 0 Å². The van der Waals surface area contributed by atoms with Crippen LogP contribution in [0.3, 0.4) is 0 Å². The lowest BCUT2D eigenvalue weighted by molar-refractivity contribution is -0.141. The van der Waals surface area contributed by atoms with Gasteiger partial charge in [-0.1, -0.05) is 31.2 Å². The lowest BCUT2D eigenvalue weighted by Gasteiger charge is -2.40. The third kappa shape index (κ3) is 4.68. The maximum Gasteiger partial charge on any atom is 0.317 e. The molecular weight excluding hydrogens is 342 g/mol. The summed E-state index contributed by atoms with van der Waals surface area (Å²) < 4.78 is 0. The van der Waals surface area contributed by atoms with E-state index in [4.69, 9.17) is 5.11 Å². The molecule has 1 aromatic rings. The van der Waals surface area contributed by atoms with E-state index in [0.717, 1.165) is 38.9 Å². The van der Waals surface area contributed by atoms with Gasteiger partial charge in [0.2, 0.25) is 5.91 Å². The molecule has 1 atom stereocenters. The van der Waals surface area contributed by atoms with Crippen molar-refractivity contribution < 1.29 is 14.7 Å². The molecule has 1 amide bonds. The largest absolute Gasteiger partial charge is 0.480 e. The van der Waals surface area contributed by atoms with E-state index in [1.807, 2.05) is 23.6 Å². The number of fused-ring (bicyclic) bond motifs is 1. The quantitative estimate of drug-likeness (QED) is 0.824. The first-order valence-electron chi connectivity index (χ1n) is 10.0. The van der Waals surface area contributed by atoms with Gasteiger partial charge in [-0.2, -0.15) is 0 Å². The van der Waals surface area contributed by atoms with E-state index in [1.165, 1.54) is 11.1 Å². The molecule has 1 saturated heterocycles. The second-order valence-corrected chi connectivity index (χ2v) is 7.68. The molecule has 2 aliphatic heterocycles. The highest BCUT2D eigenvalue weighted by Crippen LogP contribution is 2.22. The van der Waals surface area contributed by atoms with Crippen molar-refractivity contribution in [2.75, 3.05) is 32.7 Å². The summed E-state index contributed by atoms with van der Waals surface area (Å²) in [5.74, 6) is -0.580. The van der Waals surface area contributed by atoms with E-state index in [9.17, 15) is 9.59 Å². The highest BCUT2D eigenvalue weighted by molar-refractivity contribution is 5.81. The monoisotopic (exact) mass is 373 g/mol. The van der Waals surface area contributed by atoms with Gasteiger partial charge in [-0.3, -0.25) is 19.4 Å². The van der Waals surface area contributed by atoms with Crippen molar-refractivity contribution in [2.24, 2.45) is 0 Å². The summed E-state index contributed by atoms with van der Waals surface area (Å²) in [5.41, 5.74) is 2.72. The fraction of sp³-hybridized carbons (Fsp3) is 0.619. The number of likely N-dealkylation sites (N-methyl/N-ethyl adjacent to an activating group) is 1. The molecule has 1 fully saturated rings. The van der Waals surface area contributed by atoms with Crippen LogP contribution in [-0.2, 0) is 22.6 Å². The summed E-state index contributed by atoms with van der Waals surface area (Å²) in [7, 11) is 0. The van der Waals surface area contributed by atoms with Gasteiger partial charge in [0, 0.05) is 32.2 Å². The third-order valence-corrected chi connectivity index (χ3v) is 6.10. The Morgan fingerprint density at radius 3 is 2.48 bits per heavy atom. The summed E-state index contributed by atoms with van der Waals surface area (Å²) in [6, 6.07) is 8.63. The van der Waals surface area contributed by atoms with Crippen molar-refractivity contribution in [1.82, 2.24) is 14.7 Å². The third-order valence-electron chi connectivity index (χ3n) is 6.10. The summed E-state index contributed by atoms with van der Waals surface area (Å²) in [4.78, 5) is 30.3. The van der Waals surface area contributed by atoms with E-state index < -0.39 is 5.97 Å². The van der Waals surface area contributed by atoms with Crippen LogP contribution in [0.4, 0.5) is 0 Å². The molecular formula is C21H31N3O3. The van der Waals surface area contributed by atoms with Gasteiger partial charge < -0.3 is 10.0 Å². The molecule has 0 aromatic heterocycles. The predicted octanol–water partition coefficient (Wildman–Crippen LogP) is 1.83. The van der Waals surface area contributed by atoms with Crippen LogP contribution in [0.5, 0.6) is 0 Å². The summed E-state index contributed by atoms with van der Waals surface area (Å²) in [5, 5.41) is 9.06. The van der Waals surface area contributed by atoms with Crippen molar-refractivity contribution in [2.45, 2.75) is 51.7 Å². The highest BCUT2D eigenvalue weighted by atomic mass is 16.4. The molecule has 0 radical (unpaired) electrons. The standard InChI is InChI=1S/C21H31N3O3/c1-3-22(15-20(25)26)19-9-12-23(13-10-19)21(27)16(2)24-11-8-17-6-4-5-7-18(17)14-24/h4-7,16,19H,3,8-15H2,1-2H3,(H,25,26)/t16-/m1/s1. The Kier molecular flexibility index (Phi) is 6.50. The van der Waals surface area contributed by atoms with E-state index in [2.05, 4.69) is 29.2 Å². The van der Waals surface area contributed by atoms with Crippen molar-refractivity contribution in [3.63, 3.8) is 0 Å². The minimum Gasteiger partial charge on any atom is -0.480 e. The first-order valence-corrected chi connectivity index (χ1v) is 10.0. The summed E-state index contributed by atoms with van der Waals surface area (Å²) in [6.45, 7) is 8.02. The molecule has 0 aliphatic carbocycles. The molecule has 27 heavy (non-hydrogen) atoms. The molecule has 148 valence electrons. The fourth-order valence-electron chi connectivity index (χ4n) is 4.39. The van der Waals surface area contributed by atoms with Crippen molar-refractivity contribution in [3.05, 3.63) is 35.4 Å². The minimum absolute atomic E-state index is 0.0820. The number of carbonyl (C=O) groups is 2. The van der Waals surface area contributed by atoms with Crippen LogP contribution in [0.1, 0.15) is 37.8 Å². The average molecular weight is 373 g/mol. The van der Waals surface area contributed by atoms with Gasteiger partial charge in [0.05, 0.1) is 12.6 Å². The second-order valence-electron chi connectivity index (χ2n) is 7.68. The minimum atomic E-state index is -0.783. The number of piperidine rings is 1. The van der Waals surface area contributed by atoms with E-state index in [1.54, 1.807) is 0 Å². The number of aliphatic carboxylic acids is 1. The van der Waals surface area contributed by atoms with Gasteiger partial charge in [0.1, 0.15) is 0 Å². The fourth-order valence-corrected chi connectivity index (χ4v) is 4.39. The number of hydrogen-bond donors (Lipinski definition) is 1. The van der Waals surface area contributed by atoms with Gasteiger partial charge in [0.25, 0.3) is 0 Å². The lowest BCUT2D eigenvalue weighted by atomic mass is 9.98. The predicted molar refractivity (Wildman–Crippen MR) is 105 cm³/mol. The highest BCUT2D eigenvalue weighted by Gasteiger charge is 2.32.